The van der Waals surface area contributed by atoms with E-state index in [4.69, 9.17) is 0 Å². The van der Waals surface area contributed by atoms with Crippen molar-refractivity contribution >= 4 is 23.1 Å². The van der Waals surface area contributed by atoms with Crippen LogP contribution in [0.5, 0.6) is 0 Å². The van der Waals surface area contributed by atoms with Crippen molar-refractivity contribution in [2.24, 2.45) is 16.2 Å². The van der Waals surface area contributed by atoms with Crippen LogP contribution < -0.4 is 0 Å². The molecule has 0 N–H and O–H groups in total. The van der Waals surface area contributed by atoms with E-state index < -0.39 is 16.2 Å². The average Bonchev–Trinajstić information content (AvgIpc) is 2.69. The van der Waals surface area contributed by atoms with Crippen LogP contribution in [0.3, 0.4) is 0 Å². The summed E-state index contributed by atoms with van der Waals surface area (Å²) >= 11 is 0. The van der Waals surface area contributed by atoms with Crippen molar-refractivity contribution in [3.63, 3.8) is 0 Å². The van der Waals surface area contributed by atoms with E-state index in [1.807, 2.05) is 0 Å². The van der Waals surface area contributed by atoms with Crippen molar-refractivity contribution in [3.05, 3.63) is 70.3 Å². The van der Waals surface area contributed by atoms with E-state index in [0.29, 0.717) is 5.56 Å². The summed E-state index contributed by atoms with van der Waals surface area (Å²) in [5.41, 5.74) is -1.63. The van der Waals surface area contributed by atoms with E-state index in [1.165, 1.54) is 12.1 Å². The van der Waals surface area contributed by atoms with E-state index in [-0.39, 0.29) is 45.4 Å². The monoisotopic (exact) mass is 434 g/mol. The van der Waals surface area contributed by atoms with Crippen molar-refractivity contribution in [1.82, 2.24) is 0 Å². The van der Waals surface area contributed by atoms with Gasteiger partial charge in [0.15, 0.2) is 23.1 Å². The highest BCUT2D eigenvalue weighted by Crippen LogP contribution is 2.35. The van der Waals surface area contributed by atoms with Gasteiger partial charge < -0.3 is 0 Å². The highest BCUT2D eigenvalue weighted by atomic mass is 16.1. The molecule has 0 aliphatic rings. The van der Waals surface area contributed by atoms with Crippen molar-refractivity contribution < 1.29 is 19.2 Å². The summed E-state index contributed by atoms with van der Waals surface area (Å²) in [4.78, 5) is 54.1. The molecular weight excluding hydrogens is 400 g/mol. The molecule has 4 nitrogen and oxygen atoms in total. The third-order valence-corrected chi connectivity index (χ3v) is 5.23. The number of benzene rings is 2. The minimum atomic E-state index is -0.859. The first kappa shape index (κ1) is 25.4. The van der Waals surface area contributed by atoms with E-state index in [1.54, 1.807) is 92.6 Å². The van der Waals surface area contributed by atoms with Crippen LogP contribution >= 0.6 is 0 Å². The van der Waals surface area contributed by atoms with Crippen LogP contribution in [0, 0.1) is 16.2 Å². The average molecular weight is 435 g/mol. The summed E-state index contributed by atoms with van der Waals surface area (Å²) in [7, 11) is 0. The van der Waals surface area contributed by atoms with Gasteiger partial charge in [0.25, 0.3) is 0 Å². The highest BCUT2D eigenvalue weighted by molar-refractivity contribution is 6.24. The molecule has 4 heteroatoms. The van der Waals surface area contributed by atoms with Crippen LogP contribution in [0.4, 0.5) is 0 Å². The lowest BCUT2D eigenvalue weighted by Gasteiger charge is -2.27. The van der Waals surface area contributed by atoms with Gasteiger partial charge in [0.1, 0.15) is 0 Å². The number of rotatable bonds is 5. The minimum absolute atomic E-state index is 0.0429. The van der Waals surface area contributed by atoms with Gasteiger partial charge in [-0.1, -0.05) is 92.6 Å². The fourth-order valence-corrected chi connectivity index (χ4v) is 3.35. The predicted octanol–water partition coefficient (Wildman–Crippen LogP) is 6.60. The third kappa shape index (κ3) is 5.12. The highest BCUT2D eigenvalue weighted by Gasteiger charge is 2.39. The summed E-state index contributed by atoms with van der Waals surface area (Å²) in [6.45, 7) is 15.8. The Balaban J connectivity index is 3.03. The van der Waals surface area contributed by atoms with Gasteiger partial charge in [0.05, 0.1) is 0 Å². The fourth-order valence-electron chi connectivity index (χ4n) is 3.35. The normalized spacial score (nSPS) is 12.4. The summed E-state index contributed by atoms with van der Waals surface area (Å²) in [5, 5.41) is 0. The predicted molar refractivity (Wildman–Crippen MR) is 128 cm³/mol. The molecule has 0 atom stereocenters. The molecule has 2 aromatic carbocycles. The van der Waals surface area contributed by atoms with Crippen molar-refractivity contribution in [2.45, 2.75) is 62.3 Å². The second-order valence-corrected chi connectivity index (χ2v) is 11.3. The molecule has 0 radical (unpaired) electrons. The van der Waals surface area contributed by atoms with Gasteiger partial charge in [-0.2, -0.15) is 0 Å². The molecule has 0 fully saturated rings. The van der Waals surface area contributed by atoms with E-state index in [0.717, 1.165) is 0 Å². The number of carbonyl (C=O) groups is 4. The SMILES string of the molecule is CC(C)(C)C(=O)c1ccc(C(=O)c2ccccc2)c(C(=O)C(C)(C)C)c1C(=O)C(C)(C)C. The van der Waals surface area contributed by atoms with Crippen LogP contribution in [0.1, 0.15) is 109 Å². The lowest BCUT2D eigenvalue weighted by atomic mass is 9.73. The second kappa shape index (κ2) is 8.57. The van der Waals surface area contributed by atoms with Gasteiger partial charge in [0, 0.05) is 44.1 Å². The topological polar surface area (TPSA) is 68.3 Å². The number of hydrogen-bond acceptors (Lipinski definition) is 4. The Morgan fingerprint density at radius 2 is 0.875 bits per heavy atom. The zero-order valence-electron chi connectivity index (χ0n) is 20.7. The van der Waals surface area contributed by atoms with Crippen molar-refractivity contribution in [1.29, 1.82) is 0 Å². The Morgan fingerprint density at radius 1 is 0.500 bits per heavy atom. The lowest BCUT2D eigenvalue weighted by Crippen LogP contribution is -2.33. The van der Waals surface area contributed by atoms with Crippen LogP contribution in [0.15, 0.2) is 42.5 Å². The zero-order valence-corrected chi connectivity index (χ0v) is 20.7. The number of hydrogen-bond donors (Lipinski definition) is 0. The van der Waals surface area contributed by atoms with Gasteiger partial charge >= 0.3 is 0 Å². The van der Waals surface area contributed by atoms with E-state index in [9.17, 15) is 19.2 Å². The molecule has 2 rings (SSSR count). The maximum Gasteiger partial charge on any atom is 0.193 e. The van der Waals surface area contributed by atoms with Gasteiger partial charge in [0.2, 0.25) is 0 Å². The smallest absolute Gasteiger partial charge is 0.193 e. The molecule has 2 aromatic rings. The third-order valence-electron chi connectivity index (χ3n) is 5.23. The van der Waals surface area contributed by atoms with Gasteiger partial charge in [-0.05, 0) is 12.1 Å². The molecule has 0 aromatic heterocycles. The first-order valence-electron chi connectivity index (χ1n) is 10.9. The molecule has 0 saturated heterocycles. The number of carbonyl (C=O) groups excluding carboxylic acids is 4. The Kier molecular flexibility index (Phi) is 6.80. The maximum atomic E-state index is 13.7. The van der Waals surface area contributed by atoms with Crippen LogP contribution in [0.2, 0.25) is 0 Å². The molecule has 0 unspecified atom stereocenters. The molecule has 0 saturated carbocycles. The lowest BCUT2D eigenvalue weighted by molar-refractivity contribution is 0.0805. The summed E-state index contributed by atoms with van der Waals surface area (Å²) < 4.78 is 0. The number of Topliss-reactive ketones (excluding diaryl/α,β-unsaturated/α-hetero) is 3. The quantitative estimate of drug-likeness (QED) is 0.497. The number of ketones is 4. The largest absolute Gasteiger partial charge is 0.294 e. The molecular formula is C28H34O4. The standard InChI is InChI=1S/C28H34O4/c1-26(2,3)23(30)19-16-15-18(22(29)17-13-11-10-12-14-17)20(24(31)27(4,5)6)21(19)25(32)28(7,8)9/h10-16H,1-9H3. The second-order valence-electron chi connectivity index (χ2n) is 11.3. The first-order valence-corrected chi connectivity index (χ1v) is 10.9. The molecule has 0 spiro atoms. The Hall–Kier alpha value is -2.88. The fraction of sp³-hybridized carbons (Fsp3) is 0.429. The Bertz CT molecular complexity index is 1070. The molecule has 0 bridgehead atoms. The molecule has 0 aliphatic heterocycles. The molecule has 0 amide bonds. The Morgan fingerprint density at radius 3 is 1.28 bits per heavy atom. The molecule has 0 heterocycles. The minimum Gasteiger partial charge on any atom is -0.294 e. The van der Waals surface area contributed by atoms with Crippen molar-refractivity contribution in [3.8, 4) is 0 Å². The summed E-state index contributed by atoms with van der Waals surface area (Å²) in [6, 6.07) is 11.7. The van der Waals surface area contributed by atoms with E-state index >= 15 is 0 Å². The molecule has 32 heavy (non-hydrogen) atoms. The van der Waals surface area contributed by atoms with Gasteiger partial charge in [-0.15, -0.1) is 0 Å². The van der Waals surface area contributed by atoms with Crippen LogP contribution in [0.25, 0.3) is 0 Å². The summed E-state index contributed by atoms with van der Waals surface area (Å²) in [5.74, 6) is -1.27. The van der Waals surface area contributed by atoms with Crippen LogP contribution in [-0.4, -0.2) is 23.1 Å². The van der Waals surface area contributed by atoms with Gasteiger partial charge in [-0.25, -0.2) is 0 Å². The molecule has 170 valence electrons. The summed E-state index contributed by atoms with van der Waals surface area (Å²) in [6.07, 6.45) is 0. The first-order chi connectivity index (χ1) is 14.5. The maximum absolute atomic E-state index is 13.7. The zero-order chi connectivity index (χ0) is 24.6. The van der Waals surface area contributed by atoms with Crippen LogP contribution in [-0.2, 0) is 0 Å². The van der Waals surface area contributed by atoms with Crippen molar-refractivity contribution in [2.75, 3.05) is 0 Å². The Labute approximate surface area is 191 Å². The molecule has 0 aliphatic carbocycles. The van der Waals surface area contributed by atoms with Gasteiger partial charge in [-0.3, -0.25) is 19.2 Å². The van der Waals surface area contributed by atoms with E-state index in [2.05, 4.69) is 0 Å².